The zero-order valence-electron chi connectivity index (χ0n) is 21.9. The van der Waals surface area contributed by atoms with E-state index in [0.717, 1.165) is 33.7 Å². The van der Waals surface area contributed by atoms with E-state index in [1.807, 2.05) is 68.4 Å². The van der Waals surface area contributed by atoms with Gasteiger partial charge in [0.2, 0.25) is 21.8 Å². The number of amides is 2. The number of aryl methyl sites for hydroxylation is 1. The van der Waals surface area contributed by atoms with Crippen LogP contribution in [0.2, 0.25) is 5.02 Å². The summed E-state index contributed by atoms with van der Waals surface area (Å²) in [4.78, 5) is 28.9. The molecule has 3 aromatic carbocycles. The highest BCUT2D eigenvalue weighted by atomic mass is 35.5. The second-order valence-corrected chi connectivity index (χ2v) is 11.5. The first-order chi connectivity index (χ1) is 18.1. The number of rotatable bonds is 12. The molecule has 38 heavy (non-hydrogen) atoms. The minimum Gasteiger partial charge on any atom is -0.354 e. The van der Waals surface area contributed by atoms with Gasteiger partial charge in [0.25, 0.3) is 0 Å². The third-order valence-electron chi connectivity index (χ3n) is 6.09. The maximum atomic E-state index is 14.0. The Balaban J connectivity index is 2.04. The Labute approximate surface area is 230 Å². The summed E-state index contributed by atoms with van der Waals surface area (Å²) in [7, 11) is -3.87. The summed E-state index contributed by atoms with van der Waals surface area (Å²) < 4.78 is 26.6. The summed E-state index contributed by atoms with van der Waals surface area (Å²) in [5, 5.41) is 3.13. The second-order valence-electron chi connectivity index (χ2n) is 9.22. The lowest BCUT2D eigenvalue weighted by Gasteiger charge is -2.33. The van der Waals surface area contributed by atoms with E-state index in [-0.39, 0.29) is 29.6 Å². The second kappa shape index (κ2) is 13.4. The van der Waals surface area contributed by atoms with Gasteiger partial charge in [-0.25, -0.2) is 8.42 Å². The first-order valence-electron chi connectivity index (χ1n) is 12.5. The van der Waals surface area contributed by atoms with E-state index in [2.05, 4.69) is 5.32 Å². The maximum absolute atomic E-state index is 14.0. The van der Waals surface area contributed by atoms with Crippen LogP contribution < -0.4 is 9.62 Å². The Morgan fingerprint density at radius 2 is 1.55 bits per heavy atom. The number of nitrogens with zero attached hydrogens (tertiary/aromatic N) is 2. The lowest BCUT2D eigenvalue weighted by molar-refractivity contribution is -0.140. The average Bonchev–Trinajstić information content (AvgIpc) is 2.89. The molecular formula is C29H34ClN3O4S. The number of nitrogens with one attached hydrogen (secondary N) is 1. The van der Waals surface area contributed by atoms with Crippen molar-refractivity contribution in [3.05, 3.63) is 101 Å². The van der Waals surface area contributed by atoms with Gasteiger partial charge in [0, 0.05) is 19.5 Å². The Kier molecular flexibility index (Phi) is 10.3. The lowest BCUT2D eigenvalue weighted by atomic mass is 10.0. The standard InChI is InChI=1S/C29H34ClN3O4S/c1-4-18-31-29(35)27(19-23-10-6-5-7-11-23)32(20-24-16-14-22(2)15-17-24)28(34)21-33(38(3,36)37)26-13-9-8-12-25(26)30/h5-17,27H,4,18-21H2,1-3H3,(H,31,35)/t27-/m0/s1. The van der Waals surface area contributed by atoms with Crippen LogP contribution in [0.5, 0.6) is 0 Å². The fraction of sp³-hybridized carbons (Fsp3) is 0.310. The topological polar surface area (TPSA) is 86.8 Å². The minimum absolute atomic E-state index is 0.135. The van der Waals surface area contributed by atoms with Crippen molar-refractivity contribution in [2.45, 2.75) is 39.3 Å². The summed E-state index contributed by atoms with van der Waals surface area (Å²) in [5.41, 5.74) is 2.98. The molecule has 0 saturated heterocycles. The van der Waals surface area contributed by atoms with Crippen LogP contribution in [0.4, 0.5) is 5.69 Å². The van der Waals surface area contributed by atoms with Gasteiger partial charge < -0.3 is 10.2 Å². The van der Waals surface area contributed by atoms with Gasteiger partial charge in [0.15, 0.2) is 0 Å². The Bertz CT molecular complexity index is 1330. The summed E-state index contributed by atoms with van der Waals surface area (Å²) >= 11 is 6.32. The molecule has 0 aromatic heterocycles. The van der Waals surface area contributed by atoms with Crippen molar-refractivity contribution in [1.82, 2.24) is 10.2 Å². The summed E-state index contributed by atoms with van der Waals surface area (Å²) in [5.74, 6) is -0.802. The number of sulfonamides is 1. The molecule has 0 aliphatic rings. The number of hydrogen-bond acceptors (Lipinski definition) is 4. The van der Waals surface area contributed by atoms with Crippen LogP contribution in [0, 0.1) is 6.92 Å². The minimum atomic E-state index is -3.87. The summed E-state index contributed by atoms with van der Waals surface area (Å²) in [6, 6.07) is 22.7. The Morgan fingerprint density at radius 1 is 0.921 bits per heavy atom. The van der Waals surface area contributed by atoms with Crippen molar-refractivity contribution in [3.8, 4) is 0 Å². The van der Waals surface area contributed by atoms with Gasteiger partial charge in [0.1, 0.15) is 12.6 Å². The molecule has 7 nitrogen and oxygen atoms in total. The molecule has 202 valence electrons. The number of benzene rings is 3. The highest BCUT2D eigenvalue weighted by Gasteiger charge is 2.33. The molecule has 0 bridgehead atoms. The van der Waals surface area contributed by atoms with Crippen LogP contribution in [0.3, 0.4) is 0 Å². The zero-order chi connectivity index (χ0) is 27.7. The molecule has 9 heteroatoms. The molecular weight excluding hydrogens is 522 g/mol. The van der Waals surface area contributed by atoms with Crippen molar-refractivity contribution in [2.24, 2.45) is 0 Å². The fourth-order valence-electron chi connectivity index (χ4n) is 4.06. The fourth-order valence-corrected chi connectivity index (χ4v) is 5.21. The van der Waals surface area contributed by atoms with E-state index in [9.17, 15) is 18.0 Å². The van der Waals surface area contributed by atoms with Gasteiger partial charge in [-0.05, 0) is 36.6 Å². The van der Waals surface area contributed by atoms with Crippen molar-refractivity contribution in [3.63, 3.8) is 0 Å². The number of hydrogen-bond donors (Lipinski definition) is 1. The highest BCUT2D eigenvalue weighted by Crippen LogP contribution is 2.27. The van der Waals surface area contributed by atoms with Gasteiger partial charge in [-0.3, -0.25) is 13.9 Å². The van der Waals surface area contributed by atoms with Crippen LogP contribution in [-0.2, 0) is 32.6 Å². The maximum Gasteiger partial charge on any atom is 0.244 e. The average molecular weight is 556 g/mol. The van der Waals surface area contributed by atoms with E-state index in [0.29, 0.717) is 6.54 Å². The van der Waals surface area contributed by atoms with Crippen molar-refractivity contribution in [2.75, 3.05) is 23.7 Å². The number of anilines is 1. The first kappa shape index (κ1) is 29.2. The number of halogens is 1. The van der Waals surface area contributed by atoms with Crippen molar-refractivity contribution in [1.29, 1.82) is 0 Å². The van der Waals surface area contributed by atoms with Gasteiger partial charge >= 0.3 is 0 Å². The molecule has 0 fully saturated rings. The monoisotopic (exact) mass is 555 g/mol. The van der Waals surface area contributed by atoms with Crippen molar-refractivity contribution < 1.29 is 18.0 Å². The third-order valence-corrected chi connectivity index (χ3v) is 7.54. The molecule has 1 N–H and O–H groups in total. The van der Waals surface area contributed by atoms with Crippen LogP contribution >= 0.6 is 11.6 Å². The Morgan fingerprint density at radius 3 is 2.16 bits per heavy atom. The SMILES string of the molecule is CCCNC(=O)[C@H](Cc1ccccc1)N(Cc1ccc(C)cc1)C(=O)CN(c1ccccc1Cl)S(C)(=O)=O. The molecule has 2 amide bonds. The molecule has 0 heterocycles. The van der Waals surface area contributed by atoms with Gasteiger partial charge in [0.05, 0.1) is 17.0 Å². The van der Waals surface area contributed by atoms with E-state index in [1.165, 1.54) is 4.90 Å². The van der Waals surface area contributed by atoms with Gasteiger partial charge in [-0.1, -0.05) is 90.8 Å². The van der Waals surface area contributed by atoms with E-state index in [4.69, 9.17) is 11.6 Å². The third kappa shape index (κ3) is 8.07. The van der Waals surface area contributed by atoms with Crippen LogP contribution in [-0.4, -0.2) is 50.5 Å². The molecule has 1 atom stereocenters. The normalized spacial score (nSPS) is 12.0. The number of carbonyl (C=O) groups is 2. The zero-order valence-corrected chi connectivity index (χ0v) is 23.5. The molecule has 0 saturated carbocycles. The molecule has 0 aliphatic heterocycles. The van der Waals surface area contributed by atoms with Crippen molar-refractivity contribution >= 4 is 39.1 Å². The molecule has 3 aromatic rings. The molecule has 3 rings (SSSR count). The summed E-state index contributed by atoms with van der Waals surface area (Å²) in [6.45, 7) is 4.02. The van der Waals surface area contributed by atoms with E-state index >= 15 is 0 Å². The quantitative estimate of drug-likeness (QED) is 0.354. The van der Waals surface area contributed by atoms with Gasteiger partial charge in [-0.15, -0.1) is 0 Å². The Hall–Kier alpha value is -3.36. The number of para-hydroxylation sites is 1. The molecule has 0 spiro atoms. The molecule has 0 radical (unpaired) electrons. The van der Waals surface area contributed by atoms with Gasteiger partial charge in [-0.2, -0.15) is 0 Å². The summed E-state index contributed by atoms with van der Waals surface area (Å²) in [6.07, 6.45) is 2.05. The first-order valence-corrected chi connectivity index (χ1v) is 14.7. The smallest absolute Gasteiger partial charge is 0.244 e. The largest absolute Gasteiger partial charge is 0.354 e. The van der Waals surface area contributed by atoms with Crippen LogP contribution in [0.15, 0.2) is 78.9 Å². The lowest BCUT2D eigenvalue weighted by Crippen LogP contribution is -2.53. The molecule has 0 unspecified atom stereocenters. The molecule has 0 aliphatic carbocycles. The van der Waals surface area contributed by atoms with Crippen LogP contribution in [0.1, 0.15) is 30.0 Å². The predicted molar refractivity (Wildman–Crippen MR) is 153 cm³/mol. The van der Waals surface area contributed by atoms with E-state index in [1.54, 1.807) is 24.3 Å². The number of carbonyl (C=O) groups excluding carboxylic acids is 2. The highest BCUT2D eigenvalue weighted by molar-refractivity contribution is 7.92. The van der Waals surface area contributed by atoms with E-state index < -0.39 is 28.5 Å². The van der Waals surface area contributed by atoms with Crippen LogP contribution in [0.25, 0.3) is 0 Å². The predicted octanol–water partition coefficient (Wildman–Crippen LogP) is 4.58.